The monoisotopic (exact) mass is 788 g/mol. The highest BCUT2D eigenvalue weighted by Gasteiger charge is 2.22. The van der Waals surface area contributed by atoms with Gasteiger partial charge in [-0.3, -0.25) is 0 Å². The van der Waals surface area contributed by atoms with Crippen LogP contribution in [0.4, 0.5) is 0 Å². The van der Waals surface area contributed by atoms with Crippen LogP contribution in [0.5, 0.6) is 0 Å². The van der Waals surface area contributed by atoms with Crippen molar-refractivity contribution in [3.63, 3.8) is 0 Å². The van der Waals surface area contributed by atoms with Gasteiger partial charge >= 0.3 is 0 Å². The third kappa shape index (κ3) is 5.38. The minimum atomic E-state index is 1.20. The highest BCUT2D eigenvalue weighted by Crippen LogP contribution is 2.49. The minimum absolute atomic E-state index is 1.20. The molecular weight excluding hydrogens is 753 g/mol. The Labute approximate surface area is 358 Å². The lowest BCUT2D eigenvalue weighted by molar-refractivity contribution is 1.51. The summed E-state index contributed by atoms with van der Waals surface area (Å²) in [5, 5.41) is 10.4. The summed E-state index contributed by atoms with van der Waals surface area (Å²) in [6.45, 7) is 0. The molecule has 0 saturated carbocycles. The van der Waals surface area contributed by atoms with Gasteiger partial charge in [0.05, 0.1) is 0 Å². The normalized spacial score (nSPS) is 11.9. The fourth-order valence-electron chi connectivity index (χ4n) is 10.2. The molecule has 1 heteroatoms. The number of fused-ring (bicyclic) bond motifs is 17. The average Bonchev–Trinajstić information content (AvgIpc) is 3.71. The Balaban J connectivity index is 1.06. The second-order valence-electron chi connectivity index (χ2n) is 16.4. The van der Waals surface area contributed by atoms with Gasteiger partial charge in [-0.2, -0.15) is 0 Å². The molecule has 1 aromatic heterocycles. The molecule has 0 radical (unpaired) electrons. The maximum absolute atomic E-state index is 2.44. The van der Waals surface area contributed by atoms with Crippen LogP contribution in [-0.4, -0.2) is 0 Å². The van der Waals surface area contributed by atoms with Crippen LogP contribution in [0, 0.1) is 0 Å². The van der Waals surface area contributed by atoms with Crippen LogP contribution in [0.1, 0.15) is 0 Å². The summed E-state index contributed by atoms with van der Waals surface area (Å²) in [6, 6.07) is 81.7. The predicted molar refractivity (Wildman–Crippen MR) is 263 cm³/mol. The third-order valence-electron chi connectivity index (χ3n) is 13.0. The van der Waals surface area contributed by atoms with Crippen LogP contribution in [0.15, 0.2) is 218 Å². The van der Waals surface area contributed by atoms with E-state index < -0.39 is 0 Å². The van der Waals surface area contributed by atoms with E-state index in [2.05, 4.69) is 218 Å². The Morgan fingerprint density at radius 3 is 1.07 bits per heavy atom. The fraction of sp³-hybridized carbons (Fsp3) is 0. The van der Waals surface area contributed by atoms with Gasteiger partial charge in [-0.1, -0.05) is 170 Å². The van der Waals surface area contributed by atoms with Crippen molar-refractivity contribution in [3.05, 3.63) is 218 Å². The molecule has 282 valence electrons. The van der Waals surface area contributed by atoms with Crippen molar-refractivity contribution < 1.29 is 0 Å². The van der Waals surface area contributed by atoms with Crippen LogP contribution in [0.25, 0.3) is 130 Å². The van der Waals surface area contributed by atoms with Gasteiger partial charge in [0.1, 0.15) is 0 Å². The first-order chi connectivity index (χ1) is 30.2. The Bertz CT molecular complexity index is 3730. The summed E-state index contributed by atoms with van der Waals surface area (Å²) in [7, 11) is 0. The molecule has 61 heavy (non-hydrogen) atoms. The van der Waals surface area contributed by atoms with E-state index in [1.165, 1.54) is 130 Å². The van der Waals surface area contributed by atoms with E-state index >= 15 is 0 Å². The van der Waals surface area contributed by atoms with Gasteiger partial charge in [-0.25, -0.2) is 0 Å². The number of thiophene rings is 1. The standard InChI is InChI=1S/C60H36S/c1-2-14-44-43(13-1)45-15-3-5-19-49(45)53-28-25-37(34-56(53)51-21-9-7-17-47(44)51)40-31-41(33-42(32-40)39-27-30-60-58(36-39)55-23-11-12-24-59(55)61-60)38-26-29-54-50-20-6-4-16-46(50)48-18-8-10-22-52(48)57(54)35-38/h1-36H. The molecule has 0 spiro atoms. The Morgan fingerprint density at radius 1 is 0.180 bits per heavy atom. The Hall–Kier alpha value is -7.58. The van der Waals surface area contributed by atoms with E-state index in [1.54, 1.807) is 0 Å². The zero-order valence-electron chi connectivity index (χ0n) is 33.2. The highest BCUT2D eigenvalue weighted by atomic mass is 32.1. The number of hydrogen-bond donors (Lipinski definition) is 0. The predicted octanol–water partition coefficient (Wildman–Crippen LogP) is 17.5. The Morgan fingerprint density at radius 2 is 0.525 bits per heavy atom. The van der Waals surface area contributed by atoms with Crippen molar-refractivity contribution in [2.24, 2.45) is 0 Å². The lowest BCUT2D eigenvalue weighted by Gasteiger charge is -2.23. The summed E-state index contributed by atoms with van der Waals surface area (Å²) in [5.74, 6) is 0. The highest BCUT2D eigenvalue weighted by molar-refractivity contribution is 7.25. The molecule has 0 amide bonds. The molecule has 0 aliphatic heterocycles. The lowest BCUT2D eigenvalue weighted by atomic mass is 9.80. The van der Waals surface area contributed by atoms with Gasteiger partial charge < -0.3 is 0 Å². The topological polar surface area (TPSA) is 0 Å². The van der Waals surface area contributed by atoms with Crippen molar-refractivity contribution in [1.29, 1.82) is 0 Å². The van der Waals surface area contributed by atoms with Gasteiger partial charge in [-0.15, -0.1) is 11.3 Å². The van der Waals surface area contributed by atoms with Crippen LogP contribution < -0.4 is 0 Å². The minimum Gasteiger partial charge on any atom is -0.135 e. The zero-order valence-corrected chi connectivity index (χ0v) is 34.0. The molecule has 0 fully saturated rings. The summed E-state index contributed by atoms with van der Waals surface area (Å²) in [6.07, 6.45) is 0. The summed E-state index contributed by atoms with van der Waals surface area (Å²) in [5.41, 5.74) is 17.3. The SMILES string of the molecule is c1ccc2c(c1)-c1ccccc1-c1ccc(-c3cc(-c4ccc5sc6ccccc6c5c4)cc(-c4ccc5c6ccccc6c6ccccc6c5c4)c3)cc1-c1ccccc1-2. The van der Waals surface area contributed by atoms with Gasteiger partial charge in [0.2, 0.25) is 0 Å². The fourth-order valence-corrected chi connectivity index (χ4v) is 11.2. The Kier molecular flexibility index (Phi) is 7.58. The van der Waals surface area contributed by atoms with Gasteiger partial charge in [-0.05, 0) is 159 Å². The van der Waals surface area contributed by atoms with E-state index in [1.807, 2.05) is 11.3 Å². The maximum Gasteiger partial charge on any atom is 0.0355 e. The molecule has 1 aliphatic rings. The second kappa shape index (κ2) is 13.5. The van der Waals surface area contributed by atoms with Gasteiger partial charge in [0.15, 0.2) is 0 Å². The molecule has 0 bridgehead atoms. The molecule has 0 atom stereocenters. The summed E-state index contributed by atoms with van der Waals surface area (Å²) >= 11 is 1.87. The zero-order chi connectivity index (χ0) is 40.0. The molecular formula is C60H36S. The molecule has 0 saturated heterocycles. The molecule has 13 rings (SSSR count). The largest absolute Gasteiger partial charge is 0.135 e. The van der Waals surface area contributed by atoms with E-state index in [0.29, 0.717) is 0 Å². The van der Waals surface area contributed by atoms with Gasteiger partial charge in [0, 0.05) is 20.2 Å². The number of hydrogen-bond acceptors (Lipinski definition) is 1. The smallest absolute Gasteiger partial charge is 0.0355 e. The van der Waals surface area contributed by atoms with Crippen molar-refractivity contribution in [1.82, 2.24) is 0 Å². The second-order valence-corrected chi connectivity index (χ2v) is 17.4. The van der Waals surface area contributed by atoms with Gasteiger partial charge in [0.25, 0.3) is 0 Å². The van der Waals surface area contributed by atoms with Crippen LogP contribution in [0.2, 0.25) is 0 Å². The number of benzene rings is 11. The maximum atomic E-state index is 2.44. The molecule has 1 aliphatic carbocycles. The van der Waals surface area contributed by atoms with E-state index in [-0.39, 0.29) is 0 Å². The third-order valence-corrected chi connectivity index (χ3v) is 14.2. The first-order valence-corrected chi connectivity index (χ1v) is 21.9. The number of rotatable bonds is 3. The van der Waals surface area contributed by atoms with E-state index in [0.717, 1.165) is 0 Å². The van der Waals surface area contributed by atoms with Crippen molar-refractivity contribution in [2.75, 3.05) is 0 Å². The molecule has 11 aromatic carbocycles. The van der Waals surface area contributed by atoms with Crippen molar-refractivity contribution in [3.8, 4) is 77.9 Å². The average molecular weight is 789 g/mol. The first kappa shape index (κ1) is 34.3. The molecule has 1 heterocycles. The molecule has 0 N–H and O–H groups in total. The van der Waals surface area contributed by atoms with Crippen molar-refractivity contribution in [2.45, 2.75) is 0 Å². The van der Waals surface area contributed by atoms with Crippen LogP contribution in [0.3, 0.4) is 0 Å². The summed E-state index contributed by atoms with van der Waals surface area (Å²) in [4.78, 5) is 0. The van der Waals surface area contributed by atoms with Crippen LogP contribution in [-0.2, 0) is 0 Å². The first-order valence-electron chi connectivity index (χ1n) is 21.1. The van der Waals surface area contributed by atoms with E-state index in [9.17, 15) is 0 Å². The van der Waals surface area contributed by atoms with Crippen molar-refractivity contribution >= 4 is 63.8 Å². The molecule has 0 unspecified atom stereocenters. The van der Waals surface area contributed by atoms with Crippen LogP contribution >= 0.6 is 11.3 Å². The lowest BCUT2D eigenvalue weighted by Crippen LogP contribution is -1.97. The quantitative estimate of drug-likeness (QED) is 0.156. The molecule has 12 aromatic rings. The summed E-state index contributed by atoms with van der Waals surface area (Å²) < 4.78 is 2.64. The van der Waals surface area contributed by atoms with E-state index in [4.69, 9.17) is 0 Å². The molecule has 0 nitrogen and oxygen atoms in total.